The molecule has 0 bridgehead atoms. The minimum atomic E-state index is -3.57. The minimum absolute atomic E-state index is 0.173. The Bertz CT molecular complexity index is 513. The van der Waals surface area contributed by atoms with Crippen molar-refractivity contribution in [2.24, 2.45) is 0 Å². The van der Waals surface area contributed by atoms with Gasteiger partial charge in [-0.15, -0.1) is 0 Å². The summed E-state index contributed by atoms with van der Waals surface area (Å²) in [6, 6.07) is 1.55. The molecule has 0 unspecified atom stereocenters. The van der Waals surface area contributed by atoms with Gasteiger partial charge in [0, 0.05) is 19.7 Å². The molecule has 1 heterocycles. The van der Waals surface area contributed by atoms with E-state index in [2.05, 4.69) is 10.0 Å². The van der Waals surface area contributed by atoms with Crippen LogP contribution in [-0.4, -0.2) is 48.4 Å². The quantitative estimate of drug-likeness (QED) is 0.582. The highest BCUT2D eigenvalue weighted by Crippen LogP contribution is 2.19. The third kappa shape index (κ3) is 6.15. The second-order valence-corrected chi connectivity index (χ2v) is 6.15. The van der Waals surface area contributed by atoms with Crippen LogP contribution in [0.25, 0.3) is 0 Å². The van der Waals surface area contributed by atoms with E-state index in [0.29, 0.717) is 37.9 Å². The Morgan fingerprint density at radius 3 is 2.71 bits per heavy atom. The van der Waals surface area contributed by atoms with Gasteiger partial charge in [0.15, 0.2) is 0 Å². The maximum atomic E-state index is 12.2. The SMILES string of the molecule is CCNCc1cc(S(=O)(=O)NCCOCCOC)c(C)o1. The predicted octanol–water partition coefficient (Wildman–Crippen LogP) is 0.639. The Balaban J connectivity index is 2.51. The van der Waals surface area contributed by atoms with Crippen LogP contribution in [0, 0.1) is 6.92 Å². The van der Waals surface area contributed by atoms with E-state index in [1.807, 2.05) is 6.92 Å². The number of furan rings is 1. The number of aryl methyl sites for hydroxylation is 1. The molecule has 0 saturated carbocycles. The van der Waals surface area contributed by atoms with Crippen molar-refractivity contribution in [3.05, 3.63) is 17.6 Å². The molecular weight excluding hydrogens is 296 g/mol. The van der Waals surface area contributed by atoms with Crippen LogP contribution in [0.4, 0.5) is 0 Å². The maximum absolute atomic E-state index is 12.2. The highest BCUT2D eigenvalue weighted by atomic mass is 32.2. The standard InChI is InChI=1S/C13H24N2O5S/c1-4-14-10-12-9-13(11(2)20-12)21(16,17)15-5-6-19-8-7-18-3/h9,14-15H,4-8,10H2,1-3H3. The predicted molar refractivity (Wildman–Crippen MR) is 78.7 cm³/mol. The van der Waals surface area contributed by atoms with Gasteiger partial charge in [0.1, 0.15) is 16.4 Å². The lowest BCUT2D eigenvalue weighted by atomic mass is 10.4. The largest absolute Gasteiger partial charge is 0.464 e. The lowest BCUT2D eigenvalue weighted by Crippen LogP contribution is -2.28. The van der Waals surface area contributed by atoms with Gasteiger partial charge in [-0.3, -0.25) is 0 Å². The summed E-state index contributed by atoms with van der Waals surface area (Å²) < 4.78 is 42.3. The molecule has 0 aliphatic heterocycles. The first-order valence-corrected chi connectivity index (χ1v) is 8.36. The summed E-state index contributed by atoms with van der Waals surface area (Å²) in [5.41, 5.74) is 0. The molecule has 0 saturated heterocycles. The molecule has 1 aromatic heterocycles. The topological polar surface area (TPSA) is 89.8 Å². The van der Waals surface area contributed by atoms with Gasteiger partial charge in [0.05, 0.1) is 26.4 Å². The summed E-state index contributed by atoms with van der Waals surface area (Å²) in [4.78, 5) is 0.173. The van der Waals surface area contributed by atoms with Crippen LogP contribution in [0.1, 0.15) is 18.4 Å². The summed E-state index contributed by atoms with van der Waals surface area (Å²) in [5.74, 6) is 0.988. The Hall–Kier alpha value is -0.930. The highest BCUT2D eigenvalue weighted by Gasteiger charge is 2.20. The van der Waals surface area contributed by atoms with Gasteiger partial charge in [-0.1, -0.05) is 6.92 Å². The van der Waals surface area contributed by atoms with Gasteiger partial charge in [-0.2, -0.15) is 0 Å². The monoisotopic (exact) mass is 320 g/mol. The van der Waals surface area contributed by atoms with Gasteiger partial charge < -0.3 is 19.2 Å². The van der Waals surface area contributed by atoms with E-state index in [1.165, 1.54) is 0 Å². The first-order valence-electron chi connectivity index (χ1n) is 6.87. The van der Waals surface area contributed by atoms with Gasteiger partial charge in [0.2, 0.25) is 10.0 Å². The first kappa shape index (κ1) is 18.1. The molecule has 2 N–H and O–H groups in total. The van der Waals surface area contributed by atoms with Crippen molar-refractivity contribution >= 4 is 10.0 Å². The first-order chi connectivity index (χ1) is 10.0. The lowest BCUT2D eigenvalue weighted by Gasteiger charge is -2.06. The molecule has 0 fully saturated rings. The fourth-order valence-electron chi connectivity index (χ4n) is 1.70. The molecule has 1 aromatic rings. The average molecular weight is 320 g/mol. The molecule has 0 atom stereocenters. The summed E-state index contributed by atoms with van der Waals surface area (Å²) in [7, 11) is -1.99. The molecule has 0 aliphatic rings. The maximum Gasteiger partial charge on any atom is 0.244 e. The Labute approximate surface area is 126 Å². The average Bonchev–Trinajstić information content (AvgIpc) is 2.82. The van der Waals surface area contributed by atoms with Crippen molar-refractivity contribution < 1.29 is 22.3 Å². The molecule has 0 aromatic carbocycles. The van der Waals surface area contributed by atoms with Crippen molar-refractivity contribution in [2.75, 3.05) is 40.0 Å². The van der Waals surface area contributed by atoms with Crippen LogP contribution >= 0.6 is 0 Å². The number of ether oxygens (including phenoxy) is 2. The zero-order chi connectivity index (χ0) is 15.7. The highest BCUT2D eigenvalue weighted by molar-refractivity contribution is 7.89. The number of rotatable bonds is 11. The van der Waals surface area contributed by atoms with Gasteiger partial charge in [-0.05, 0) is 13.5 Å². The zero-order valence-electron chi connectivity index (χ0n) is 12.8. The molecule has 122 valence electrons. The van der Waals surface area contributed by atoms with Crippen LogP contribution < -0.4 is 10.0 Å². The Kier molecular flexibility index (Phi) is 7.91. The summed E-state index contributed by atoms with van der Waals surface area (Å²) >= 11 is 0. The van der Waals surface area contributed by atoms with Crippen molar-refractivity contribution in [1.29, 1.82) is 0 Å². The van der Waals surface area contributed by atoms with Gasteiger partial charge in [-0.25, -0.2) is 13.1 Å². The molecule has 21 heavy (non-hydrogen) atoms. The van der Waals surface area contributed by atoms with E-state index in [0.717, 1.165) is 6.54 Å². The number of nitrogens with one attached hydrogen (secondary N) is 2. The van der Waals surface area contributed by atoms with Crippen molar-refractivity contribution in [1.82, 2.24) is 10.0 Å². The second kappa shape index (κ2) is 9.16. The summed E-state index contributed by atoms with van der Waals surface area (Å²) in [5, 5.41) is 3.09. The fourth-order valence-corrected chi connectivity index (χ4v) is 2.91. The van der Waals surface area contributed by atoms with E-state index in [-0.39, 0.29) is 11.4 Å². The van der Waals surface area contributed by atoms with E-state index >= 15 is 0 Å². The molecular formula is C13H24N2O5S. The molecule has 1 rings (SSSR count). The minimum Gasteiger partial charge on any atom is -0.464 e. The molecule has 0 amide bonds. The van der Waals surface area contributed by atoms with Crippen LogP contribution in [0.2, 0.25) is 0 Å². The lowest BCUT2D eigenvalue weighted by molar-refractivity contribution is 0.0736. The number of hydrogen-bond acceptors (Lipinski definition) is 6. The molecule has 8 heteroatoms. The molecule has 0 aliphatic carbocycles. The Morgan fingerprint density at radius 1 is 1.29 bits per heavy atom. The molecule has 0 spiro atoms. The number of methoxy groups -OCH3 is 1. The van der Waals surface area contributed by atoms with E-state index in [4.69, 9.17) is 13.9 Å². The van der Waals surface area contributed by atoms with Crippen molar-refractivity contribution in [3.8, 4) is 0 Å². The van der Waals surface area contributed by atoms with Gasteiger partial charge in [0.25, 0.3) is 0 Å². The van der Waals surface area contributed by atoms with Crippen LogP contribution in [0.15, 0.2) is 15.4 Å². The normalized spacial score (nSPS) is 12.0. The smallest absolute Gasteiger partial charge is 0.244 e. The van der Waals surface area contributed by atoms with E-state index < -0.39 is 10.0 Å². The van der Waals surface area contributed by atoms with E-state index in [9.17, 15) is 8.42 Å². The third-order valence-corrected chi connectivity index (χ3v) is 4.30. The third-order valence-electron chi connectivity index (χ3n) is 2.73. The molecule has 0 radical (unpaired) electrons. The van der Waals surface area contributed by atoms with Crippen LogP contribution in [0.5, 0.6) is 0 Å². The molecule has 7 nitrogen and oxygen atoms in total. The van der Waals surface area contributed by atoms with Gasteiger partial charge >= 0.3 is 0 Å². The fraction of sp³-hybridized carbons (Fsp3) is 0.692. The van der Waals surface area contributed by atoms with Crippen molar-refractivity contribution in [3.63, 3.8) is 0 Å². The number of hydrogen-bond donors (Lipinski definition) is 2. The zero-order valence-corrected chi connectivity index (χ0v) is 13.6. The summed E-state index contributed by atoms with van der Waals surface area (Å²) in [6.45, 7) is 6.34. The number of sulfonamides is 1. The van der Waals surface area contributed by atoms with Crippen LogP contribution in [-0.2, 0) is 26.0 Å². The van der Waals surface area contributed by atoms with E-state index in [1.54, 1.807) is 20.1 Å². The van der Waals surface area contributed by atoms with Crippen LogP contribution in [0.3, 0.4) is 0 Å². The second-order valence-electron chi connectivity index (χ2n) is 4.42. The Morgan fingerprint density at radius 2 is 2.05 bits per heavy atom. The van der Waals surface area contributed by atoms with Crippen molar-refractivity contribution in [2.45, 2.75) is 25.3 Å². The summed E-state index contributed by atoms with van der Waals surface area (Å²) in [6.07, 6.45) is 0.